The first kappa shape index (κ1) is 22.5. The molecule has 6 atom stereocenters. The van der Waals surface area contributed by atoms with Crippen LogP contribution in [-0.2, 0) is 14.0 Å². The topological polar surface area (TPSA) is 43.4 Å². The summed E-state index contributed by atoms with van der Waals surface area (Å²) in [6.07, 6.45) is 7.98. The van der Waals surface area contributed by atoms with Crippen LogP contribution in [0.1, 0.15) is 87.0 Å². The van der Waals surface area contributed by atoms with Crippen molar-refractivity contribution < 1.29 is 14.0 Å². The Bertz CT molecular complexity index is 836. The summed E-state index contributed by atoms with van der Waals surface area (Å²) >= 11 is 0. The molecule has 0 amide bonds. The highest BCUT2D eigenvalue weighted by Crippen LogP contribution is 2.78. The Hall–Kier alpha value is -0.743. The van der Waals surface area contributed by atoms with Gasteiger partial charge in [0.1, 0.15) is 5.78 Å². The molecule has 168 valence electrons. The highest BCUT2D eigenvalue weighted by atomic mass is 28.4. The Kier molecular flexibility index (Phi) is 4.63. The molecule has 4 aliphatic rings. The minimum atomic E-state index is -1.86. The molecule has 4 heteroatoms. The number of Topliss-reactive ketones (excluding diaryl/α,β-unsaturated/α-hetero) is 2. The molecule has 0 aromatic rings. The molecular weight excluding hydrogens is 388 g/mol. The van der Waals surface area contributed by atoms with Gasteiger partial charge in [0.2, 0.25) is 0 Å². The van der Waals surface area contributed by atoms with Crippen LogP contribution < -0.4 is 0 Å². The third kappa shape index (κ3) is 2.59. The highest BCUT2D eigenvalue weighted by molar-refractivity contribution is 6.74. The van der Waals surface area contributed by atoms with Gasteiger partial charge in [-0.05, 0) is 93.3 Å². The highest BCUT2D eigenvalue weighted by Gasteiger charge is 2.78. The van der Waals surface area contributed by atoms with Crippen LogP contribution in [0.25, 0.3) is 0 Å². The molecule has 0 aromatic heterocycles. The number of carbonyl (C=O) groups excluding carboxylic acids is 2. The lowest BCUT2D eigenvalue weighted by Gasteiger charge is -2.61. The first-order chi connectivity index (χ1) is 13.6. The standard InChI is InChI=1S/C26H42O3Si/c1-17-10-11-20-23(6)14-15-25(29-30(8,9)22(3,4)5)16-24(25,7)19(23)12-13-26(20,18(2)27)21(17)28/h10,19-20H,11-16H2,1-9H3/t19-,20-,23+,24-,25-,26+/m1/s1. The molecule has 4 rings (SSSR count). The smallest absolute Gasteiger partial charge is 0.192 e. The molecule has 4 aliphatic carbocycles. The molecule has 0 radical (unpaired) electrons. The zero-order valence-electron chi connectivity index (χ0n) is 20.7. The van der Waals surface area contributed by atoms with Gasteiger partial charge in [-0.3, -0.25) is 9.59 Å². The maximum atomic E-state index is 13.4. The number of fused-ring (bicyclic) bond motifs is 5. The number of carbonyl (C=O) groups is 2. The van der Waals surface area contributed by atoms with Crippen LogP contribution in [-0.4, -0.2) is 25.5 Å². The summed E-state index contributed by atoms with van der Waals surface area (Å²) in [5.41, 5.74) is 0.240. The van der Waals surface area contributed by atoms with Crippen LogP contribution in [0, 0.1) is 28.1 Å². The monoisotopic (exact) mass is 430 g/mol. The second-order valence-corrected chi connectivity index (χ2v) is 17.8. The van der Waals surface area contributed by atoms with Crippen LogP contribution >= 0.6 is 0 Å². The minimum absolute atomic E-state index is 0.0147. The lowest BCUT2D eigenvalue weighted by atomic mass is 9.42. The van der Waals surface area contributed by atoms with E-state index in [-0.39, 0.29) is 39.0 Å². The lowest BCUT2D eigenvalue weighted by Crippen LogP contribution is -2.62. The van der Waals surface area contributed by atoms with E-state index in [9.17, 15) is 9.59 Å². The van der Waals surface area contributed by atoms with Crippen LogP contribution in [0.5, 0.6) is 0 Å². The largest absolute Gasteiger partial charge is 0.411 e. The van der Waals surface area contributed by atoms with Crippen molar-refractivity contribution in [3.05, 3.63) is 11.6 Å². The van der Waals surface area contributed by atoms with E-state index in [0.29, 0.717) is 5.92 Å². The number of hydrogen-bond acceptors (Lipinski definition) is 3. The lowest BCUT2D eigenvalue weighted by molar-refractivity contribution is -0.167. The van der Waals surface area contributed by atoms with Gasteiger partial charge in [0.05, 0.1) is 11.0 Å². The van der Waals surface area contributed by atoms with E-state index in [2.05, 4.69) is 53.8 Å². The molecule has 3 fully saturated rings. The summed E-state index contributed by atoms with van der Waals surface area (Å²) in [7, 11) is -1.86. The van der Waals surface area contributed by atoms with Gasteiger partial charge in [0.15, 0.2) is 14.1 Å². The average Bonchev–Trinajstić information content (AvgIpc) is 3.21. The molecule has 0 bridgehead atoms. The van der Waals surface area contributed by atoms with E-state index in [4.69, 9.17) is 4.43 Å². The normalized spacial score (nSPS) is 45.8. The molecular formula is C26H42O3Si. The Morgan fingerprint density at radius 2 is 1.77 bits per heavy atom. The van der Waals surface area contributed by atoms with Gasteiger partial charge in [0, 0.05) is 5.41 Å². The molecule has 0 heterocycles. The van der Waals surface area contributed by atoms with Crippen LogP contribution in [0.4, 0.5) is 0 Å². The first-order valence-electron chi connectivity index (χ1n) is 12.0. The SMILES string of the molecule is CC(=O)[C@@]12CC[C@@H]3[C@](C)(CC[C@@]4(O[Si](C)(C)C(C)(C)C)C[C@]34C)[C@H]1CC=C(C)C2=O. The number of rotatable bonds is 3. The predicted molar refractivity (Wildman–Crippen MR) is 124 cm³/mol. The van der Waals surface area contributed by atoms with Gasteiger partial charge in [-0.1, -0.05) is 40.7 Å². The molecule has 30 heavy (non-hydrogen) atoms. The average molecular weight is 431 g/mol. The Balaban J connectivity index is 1.70. The van der Waals surface area contributed by atoms with E-state index in [1.54, 1.807) is 6.92 Å². The van der Waals surface area contributed by atoms with Gasteiger partial charge in [0.25, 0.3) is 0 Å². The fourth-order valence-electron chi connectivity index (χ4n) is 7.82. The Morgan fingerprint density at radius 1 is 1.13 bits per heavy atom. The molecule has 0 N–H and O–H groups in total. The predicted octanol–water partition coefficient (Wildman–Crippen LogP) is 6.48. The summed E-state index contributed by atoms with van der Waals surface area (Å²) in [6, 6.07) is 0. The van der Waals surface area contributed by atoms with Gasteiger partial charge < -0.3 is 4.43 Å². The summed E-state index contributed by atoms with van der Waals surface area (Å²) in [5.74, 6) is 0.877. The maximum absolute atomic E-state index is 13.4. The molecule has 0 spiro atoms. The quantitative estimate of drug-likeness (QED) is 0.380. The fourth-order valence-corrected chi connectivity index (χ4v) is 9.51. The number of hydrogen-bond donors (Lipinski definition) is 0. The third-order valence-electron chi connectivity index (χ3n) is 10.7. The molecule has 0 unspecified atom stereocenters. The fraction of sp³-hybridized carbons (Fsp3) is 0.846. The second kappa shape index (κ2) is 6.19. The van der Waals surface area contributed by atoms with E-state index < -0.39 is 13.7 Å². The Labute approximate surface area is 184 Å². The van der Waals surface area contributed by atoms with Crippen molar-refractivity contribution >= 4 is 19.9 Å². The minimum Gasteiger partial charge on any atom is -0.411 e. The van der Waals surface area contributed by atoms with E-state index >= 15 is 0 Å². The number of allylic oxidation sites excluding steroid dienone is 2. The van der Waals surface area contributed by atoms with Gasteiger partial charge in [-0.25, -0.2) is 0 Å². The summed E-state index contributed by atoms with van der Waals surface area (Å²) in [6.45, 7) is 20.2. The van der Waals surface area contributed by atoms with Gasteiger partial charge in [-0.15, -0.1) is 0 Å². The van der Waals surface area contributed by atoms with Gasteiger partial charge in [-0.2, -0.15) is 0 Å². The molecule has 0 saturated heterocycles. The van der Waals surface area contributed by atoms with E-state index in [0.717, 1.165) is 44.1 Å². The van der Waals surface area contributed by atoms with E-state index in [1.807, 2.05) is 6.92 Å². The Morgan fingerprint density at radius 3 is 2.33 bits per heavy atom. The van der Waals surface area contributed by atoms with Crippen molar-refractivity contribution in [2.75, 3.05) is 0 Å². The summed E-state index contributed by atoms with van der Waals surface area (Å²) < 4.78 is 7.14. The summed E-state index contributed by atoms with van der Waals surface area (Å²) in [4.78, 5) is 26.4. The molecule has 3 nitrogen and oxygen atoms in total. The maximum Gasteiger partial charge on any atom is 0.192 e. The van der Waals surface area contributed by atoms with Crippen molar-refractivity contribution in [2.24, 2.45) is 28.1 Å². The van der Waals surface area contributed by atoms with Crippen molar-refractivity contribution in [3.63, 3.8) is 0 Å². The van der Waals surface area contributed by atoms with Crippen molar-refractivity contribution in [1.82, 2.24) is 0 Å². The van der Waals surface area contributed by atoms with Crippen LogP contribution in [0.3, 0.4) is 0 Å². The van der Waals surface area contributed by atoms with Crippen LogP contribution in [0.2, 0.25) is 18.1 Å². The van der Waals surface area contributed by atoms with Crippen LogP contribution in [0.15, 0.2) is 11.6 Å². The first-order valence-corrected chi connectivity index (χ1v) is 14.9. The number of ketones is 2. The van der Waals surface area contributed by atoms with E-state index in [1.165, 1.54) is 0 Å². The zero-order chi connectivity index (χ0) is 22.5. The molecule has 0 aliphatic heterocycles. The molecule has 0 aromatic carbocycles. The third-order valence-corrected chi connectivity index (χ3v) is 15.2. The van der Waals surface area contributed by atoms with Crippen molar-refractivity contribution in [1.29, 1.82) is 0 Å². The molecule has 3 saturated carbocycles. The second-order valence-electron chi connectivity index (χ2n) is 13.1. The van der Waals surface area contributed by atoms with Crippen molar-refractivity contribution in [3.8, 4) is 0 Å². The van der Waals surface area contributed by atoms with Gasteiger partial charge >= 0.3 is 0 Å². The summed E-state index contributed by atoms with van der Waals surface area (Å²) in [5, 5.41) is 0.209. The van der Waals surface area contributed by atoms with Crippen molar-refractivity contribution in [2.45, 2.75) is 111 Å². The zero-order valence-corrected chi connectivity index (χ0v) is 21.7.